The molecule has 0 radical (unpaired) electrons. The van der Waals surface area contributed by atoms with Gasteiger partial charge in [-0.25, -0.2) is 0 Å². The summed E-state index contributed by atoms with van der Waals surface area (Å²) in [5.41, 5.74) is 6.06. The molecule has 0 saturated heterocycles. The lowest BCUT2D eigenvalue weighted by atomic mass is 10.1. The highest BCUT2D eigenvalue weighted by Crippen LogP contribution is 2.34. The van der Waals surface area contributed by atoms with E-state index < -0.39 is 0 Å². The van der Waals surface area contributed by atoms with Crippen molar-refractivity contribution in [3.8, 4) is 5.69 Å². The predicted octanol–water partition coefficient (Wildman–Crippen LogP) is 9.86. The maximum Gasteiger partial charge on any atom is 0.0541 e. The number of aryl methyl sites for hydroxylation is 2. The maximum absolute atomic E-state index is 2.37. The van der Waals surface area contributed by atoms with Crippen LogP contribution < -0.4 is 0 Å². The van der Waals surface area contributed by atoms with Gasteiger partial charge in [-0.05, 0) is 97.8 Å². The number of rotatable bonds is 5. The highest BCUT2D eigenvalue weighted by Gasteiger charge is 2.13. The van der Waals surface area contributed by atoms with Crippen LogP contribution in [0.15, 0.2) is 91.0 Å². The van der Waals surface area contributed by atoms with Gasteiger partial charge < -0.3 is 4.57 Å². The van der Waals surface area contributed by atoms with Crippen LogP contribution in [0.3, 0.4) is 0 Å². The smallest absolute Gasteiger partial charge is 0.0541 e. The van der Waals surface area contributed by atoms with Crippen LogP contribution in [-0.4, -0.2) is 4.57 Å². The first-order valence-electron chi connectivity index (χ1n) is 11.8. The first kappa shape index (κ1) is 21.8. The summed E-state index contributed by atoms with van der Waals surface area (Å²) in [6, 6.07) is 33.0. The number of nitrogens with zero attached hydrogens (tertiary/aromatic N) is 1. The molecule has 35 heavy (non-hydrogen) atoms. The van der Waals surface area contributed by atoms with Crippen molar-refractivity contribution in [2.24, 2.45) is 0 Å². The van der Waals surface area contributed by atoms with Crippen molar-refractivity contribution in [2.45, 2.75) is 13.8 Å². The molecule has 3 aromatic carbocycles. The van der Waals surface area contributed by atoms with Gasteiger partial charge in [0.25, 0.3) is 0 Å². The number of fused-ring (bicyclic) bond motifs is 3. The Morgan fingerprint density at radius 3 is 1.51 bits per heavy atom. The number of para-hydroxylation sites is 1. The van der Waals surface area contributed by atoms with E-state index in [1.807, 2.05) is 22.7 Å². The van der Waals surface area contributed by atoms with Crippen LogP contribution in [0.2, 0.25) is 0 Å². The summed E-state index contributed by atoms with van der Waals surface area (Å²) in [7, 11) is 0. The molecule has 3 aromatic heterocycles. The van der Waals surface area contributed by atoms with Crippen molar-refractivity contribution in [3.05, 3.63) is 122 Å². The molecule has 0 bridgehead atoms. The second-order valence-corrected chi connectivity index (χ2v) is 11.4. The lowest BCUT2D eigenvalue weighted by Gasteiger charge is -2.07. The zero-order valence-corrected chi connectivity index (χ0v) is 21.4. The molecule has 6 aromatic rings. The van der Waals surface area contributed by atoms with Crippen molar-refractivity contribution in [1.29, 1.82) is 0 Å². The third-order valence-corrected chi connectivity index (χ3v) is 8.16. The zero-order valence-electron chi connectivity index (χ0n) is 19.7. The topological polar surface area (TPSA) is 4.93 Å². The van der Waals surface area contributed by atoms with E-state index in [1.54, 1.807) is 0 Å². The fourth-order valence-electron chi connectivity index (χ4n) is 4.56. The molecular formula is C32H25NS2. The molecule has 0 aliphatic heterocycles. The summed E-state index contributed by atoms with van der Waals surface area (Å²) in [5.74, 6) is 0. The molecule has 1 nitrogen and oxygen atoms in total. The van der Waals surface area contributed by atoms with Crippen LogP contribution in [0, 0.1) is 13.8 Å². The minimum atomic E-state index is 1.18. The van der Waals surface area contributed by atoms with Crippen LogP contribution in [0.1, 0.15) is 30.6 Å². The zero-order chi connectivity index (χ0) is 23.8. The van der Waals surface area contributed by atoms with E-state index in [4.69, 9.17) is 0 Å². The molecule has 0 atom stereocenters. The monoisotopic (exact) mass is 487 g/mol. The third-order valence-electron chi connectivity index (χ3n) is 6.23. The van der Waals surface area contributed by atoms with Gasteiger partial charge in [-0.3, -0.25) is 0 Å². The van der Waals surface area contributed by atoms with Crippen LogP contribution in [0.25, 0.3) is 51.8 Å². The summed E-state index contributed by atoms with van der Waals surface area (Å²) >= 11 is 3.65. The molecule has 0 amide bonds. The highest BCUT2D eigenvalue weighted by atomic mass is 32.1. The van der Waals surface area contributed by atoms with Gasteiger partial charge in [-0.2, -0.15) is 0 Å². The molecule has 3 heterocycles. The highest BCUT2D eigenvalue weighted by molar-refractivity contribution is 7.13. The Morgan fingerprint density at radius 1 is 0.543 bits per heavy atom. The van der Waals surface area contributed by atoms with Gasteiger partial charge >= 0.3 is 0 Å². The number of benzene rings is 3. The fraction of sp³-hybridized carbons (Fsp3) is 0.0625. The molecule has 0 saturated carbocycles. The van der Waals surface area contributed by atoms with Crippen molar-refractivity contribution < 1.29 is 0 Å². The minimum Gasteiger partial charge on any atom is -0.309 e. The summed E-state index contributed by atoms with van der Waals surface area (Å²) in [4.78, 5) is 5.24. The van der Waals surface area contributed by atoms with Crippen molar-refractivity contribution in [2.75, 3.05) is 0 Å². The molecular weight excluding hydrogens is 462 g/mol. The Hall–Kier alpha value is -3.66. The van der Waals surface area contributed by atoms with Gasteiger partial charge in [0.05, 0.1) is 11.0 Å². The van der Waals surface area contributed by atoms with Crippen molar-refractivity contribution in [3.63, 3.8) is 0 Å². The van der Waals surface area contributed by atoms with E-state index in [9.17, 15) is 0 Å². The Labute approximate surface area is 213 Å². The van der Waals surface area contributed by atoms with Gasteiger partial charge in [-0.1, -0.05) is 42.5 Å². The normalized spacial score (nSPS) is 12.1. The predicted molar refractivity (Wildman–Crippen MR) is 157 cm³/mol. The average molecular weight is 488 g/mol. The lowest BCUT2D eigenvalue weighted by Crippen LogP contribution is -1.92. The number of hydrogen-bond acceptors (Lipinski definition) is 2. The molecule has 0 unspecified atom stereocenters. The Morgan fingerprint density at radius 2 is 1.06 bits per heavy atom. The van der Waals surface area contributed by atoms with E-state index >= 15 is 0 Å². The quantitative estimate of drug-likeness (QED) is 0.228. The van der Waals surface area contributed by atoms with Gasteiger partial charge in [0.2, 0.25) is 0 Å². The minimum absolute atomic E-state index is 1.18. The SMILES string of the molecule is Cc1ccc(C=Cc2ccc3c(c2)c2cc(C=Cc4ccc(C)s4)ccc2n3-c2ccccc2)s1. The largest absolute Gasteiger partial charge is 0.309 e. The molecule has 0 N–H and O–H groups in total. The van der Waals surface area contributed by atoms with Crippen LogP contribution >= 0.6 is 22.7 Å². The fourth-order valence-corrected chi connectivity index (χ4v) is 6.12. The molecule has 170 valence electrons. The van der Waals surface area contributed by atoms with E-state index in [1.165, 1.54) is 58.1 Å². The molecule has 0 spiro atoms. The van der Waals surface area contributed by atoms with Crippen molar-refractivity contribution in [1.82, 2.24) is 4.57 Å². The van der Waals surface area contributed by atoms with E-state index in [0.29, 0.717) is 0 Å². The van der Waals surface area contributed by atoms with Crippen molar-refractivity contribution >= 4 is 68.8 Å². The first-order chi connectivity index (χ1) is 17.1. The van der Waals surface area contributed by atoms with E-state index in [0.717, 1.165) is 0 Å². The third kappa shape index (κ3) is 4.41. The van der Waals surface area contributed by atoms with Crippen LogP contribution in [0.5, 0.6) is 0 Å². The number of thiophene rings is 2. The lowest BCUT2D eigenvalue weighted by molar-refractivity contribution is 1.18. The van der Waals surface area contributed by atoms with E-state index in [2.05, 4.69) is 134 Å². The molecule has 0 fully saturated rings. The van der Waals surface area contributed by atoms with E-state index in [-0.39, 0.29) is 0 Å². The molecule has 0 aliphatic carbocycles. The number of hydrogen-bond donors (Lipinski definition) is 0. The summed E-state index contributed by atoms with van der Waals surface area (Å²) in [6.07, 6.45) is 8.87. The Balaban J connectivity index is 1.50. The molecule has 0 aliphatic rings. The summed E-state index contributed by atoms with van der Waals surface area (Å²) in [6.45, 7) is 4.30. The van der Waals surface area contributed by atoms with Gasteiger partial charge in [0.1, 0.15) is 0 Å². The van der Waals surface area contributed by atoms with Crippen LogP contribution in [0.4, 0.5) is 0 Å². The second kappa shape index (κ2) is 9.18. The maximum atomic E-state index is 2.37. The van der Waals surface area contributed by atoms with Gasteiger partial charge in [0, 0.05) is 36.0 Å². The van der Waals surface area contributed by atoms with Gasteiger partial charge in [-0.15, -0.1) is 22.7 Å². The van der Waals surface area contributed by atoms with Gasteiger partial charge in [0.15, 0.2) is 0 Å². The standard InChI is InChI=1S/C32H25NS2/c1-22-8-14-27(34-22)16-10-24-12-18-31-29(20-24)30-21-25(11-17-28-15-9-23(2)35-28)13-19-32(30)33(31)26-6-4-3-5-7-26/h3-21H,1-2H3. The Bertz CT molecular complexity index is 1600. The second-order valence-electron chi connectivity index (χ2n) is 8.79. The molecule has 6 rings (SSSR count). The van der Waals surface area contributed by atoms with Crippen LogP contribution in [-0.2, 0) is 0 Å². The molecule has 3 heteroatoms. The summed E-state index contributed by atoms with van der Waals surface area (Å²) in [5, 5.41) is 2.55. The average Bonchev–Trinajstić information content (AvgIpc) is 3.58. The number of aromatic nitrogens is 1. The Kier molecular flexibility index (Phi) is 5.73. The summed E-state index contributed by atoms with van der Waals surface area (Å²) < 4.78 is 2.37. The first-order valence-corrected chi connectivity index (χ1v) is 13.4.